The Hall–Kier alpha value is -1.24. The minimum absolute atomic E-state index is 0.00234. The molecule has 126 valence electrons. The summed E-state index contributed by atoms with van der Waals surface area (Å²) in [5.74, 6) is -0.0716. The molecular formula is C17H23NO4S. The van der Waals surface area contributed by atoms with Gasteiger partial charge in [-0.3, -0.25) is 4.79 Å². The molecule has 0 spiro atoms. The second kappa shape index (κ2) is 6.00. The van der Waals surface area contributed by atoms with Crippen molar-refractivity contribution < 1.29 is 17.9 Å². The van der Waals surface area contributed by atoms with Crippen molar-refractivity contribution in [1.82, 2.24) is 4.31 Å². The number of Topliss-reactive ketones (excluding diaryl/α,β-unsaturated/α-hetero) is 1. The lowest BCUT2D eigenvalue weighted by atomic mass is 9.97. The Labute approximate surface area is 137 Å². The van der Waals surface area contributed by atoms with Gasteiger partial charge < -0.3 is 4.74 Å². The van der Waals surface area contributed by atoms with Crippen molar-refractivity contribution in [3.8, 4) is 0 Å². The van der Waals surface area contributed by atoms with Gasteiger partial charge in [-0.1, -0.05) is 12.1 Å². The smallest absolute Gasteiger partial charge is 0.242 e. The highest BCUT2D eigenvalue weighted by atomic mass is 32.2. The summed E-state index contributed by atoms with van der Waals surface area (Å²) in [5, 5.41) is 0. The molecule has 1 aromatic carbocycles. The Morgan fingerprint density at radius 3 is 2.43 bits per heavy atom. The zero-order chi connectivity index (χ0) is 16.7. The molecule has 1 saturated heterocycles. The van der Waals surface area contributed by atoms with Crippen molar-refractivity contribution in [2.75, 3.05) is 20.2 Å². The lowest BCUT2D eigenvalue weighted by Gasteiger charge is -2.27. The summed E-state index contributed by atoms with van der Waals surface area (Å²) in [6.07, 6.45) is 4.35. The average molecular weight is 337 g/mol. The Balaban J connectivity index is 1.75. The zero-order valence-electron chi connectivity index (χ0n) is 13.6. The molecule has 0 radical (unpaired) electrons. The van der Waals surface area contributed by atoms with Crippen molar-refractivity contribution in [2.45, 2.75) is 43.6 Å². The predicted octanol–water partition coefficient (Wildman–Crippen LogP) is 2.47. The van der Waals surface area contributed by atoms with E-state index in [0.717, 1.165) is 32.3 Å². The number of hydrogen-bond donors (Lipinski definition) is 0. The quantitative estimate of drug-likeness (QED) is 0.748. The van der Waals surface area contributed by atoms with Crippen LogP contribution >= 0.6 is 0 Å². The fourth-order valence-electron chi connectivity index (χ4n) is 3.37. The molecule has 0 bridgehead atoms. The number of rotatable bonds is 6. The molecule has 6 heteroatoms. The number of ether oxygens (including phenoxy) is 1. The van der Waals surface area contributed by atoms with Crippen LogP contribution in [0.5, 0.6) is 0 Å². The maximum Gasteiger partial charge on any atom is 0.242 e. The first kappa shape index (κ1) is 16.6. The van der Waals surface area contributed by atoms with Crippen LogP contribution in [0.1, 0.15) is 43.0 Å². The monoisotopic (exact) mass is 337 g/mol. The van der Waals surface area contributed by atoms with Crippen LogP contribution < -0.4 is 0 Å². The Morgan fingerprint density at radius 1 is 1.30 bits per heavy atom. The fourth-order valence-corrected chi connectivity index (χ4v) is 4.64. The van der Waals surface area contributed by atoms with Crippen molar-refractivity contribution in [1.29, 1.82) is 0 Å². The number of carbonyl (C=O) groups is 1. The molecule has 2 fully saturated rings. The standard InChI is InChI=1S/C17H23NO4S/c1-13(19)14-5-7-15(8-6-14)23(20,21)18(2)12-17(9-10-17)16-4-3-11-22-16/h5-8,16H,3-4,9-12H2,1-2H3. The van der Waals surface area contributed by atoms with E-state index in [-0.39, 0.29) is 22.2 Å². The summed E-state index contributed by atoms with van der Waals surface area (Å²) < 4.78 is 32.7. The van der Waals surface area contributed by atoms with Crippen LogP contribution in [0, 0.1) is 5.41 Å². The van der Waals surface area contributed by atoms with Crippen LogP contribution in [-0.4, -0.2) is 44.8 Å². The van der Waals surface area contributed by atoms with Gasteiger partial charge in [-0.05, 0) is 44.7 Å². The molecule has 1 aliphatic carbocycles. The van der Waals surface area contributed by atoms with Crippen LogP contribution in [0.2, 0.25) is 0 Å². The first-order chi connectivity index (χ1) is 10.8. The third kappa shape index (κ3) is 3.20. The summed E-state index contributed by atoms with van der Waals surface area (Å²) in [5.41, 5.74) is 0.516. The summed E-state index contributed by atoms with van der Waals surface area (Å²) in [6, 6.07) is 6.15. The van der Waals surface area contributed by atoms with Crippen LogP contribution in [0.4, 0.5) is 0 Å². The topological polar surface area (TPSA) is 63.7 Å². The number of carbonyl (C=O) groups excluding carboxylic acids is 1. The van der Waals surface area contributed by atoms with Crippen LogP contribution in [0.15, 0.2) is 29.2 Å². The van der Waals surface area contributed by atoms with Crippen molar-refractivity contribution in [3.05, 3.63) is 29.8 Å². The molecule has 1 atom stereocenters. The Kier molecular flexibility index (Phi) is 4.33. The van der Waals surface area contributed by atoms with E-state index in [4.69, 9.17) is 4.74 Å². The fraction of sp³-hybridized carbons (Fsp3) is 0.588. The van der Waals surface area contributed by atoms with E-state index in [9.17, 15) is 13.2 Å². The van der Waals surface area contributed by atoms with E-state index >= 15 is 0 Å². The normalized spacial score (nSPS) is 23.2. The van der Waals surface area contributed by atoms with Gasteiger partial charge >= 0.3 is 0 Å². The van der Waals surface area contributed by atoms with Crippen molar-refractivity contribution in [2.24, 2.45) is 5.41 Å². The third-order valence-electron chi connectivity index (χ3n) is 5.01. The number of nitrogens with zero attached hydrogens (tertiary/aromatic N) is 1. The minimum Gasteiger partial charge on any atom is -0.378 e. The Bertz CT molecular complexity index is 686. The van der Waals surface area contributed by atoms with Crippen LogP contribution in [-0.2, 0) is 14.8 Å². The van der Waals surface area contributed by atoms with Gasteiger partial charge in [-0.25, -0.2) is 12.7 Å². The van der Waals surface area contributed by atoms with Gasteiger partial charge in [0.2, 0.25) is 10.0 Å². The lowest BCUT2D eigenvalue weighted by Crippen LogP contribution is -2.37. The van der Waals surface area contributed by atoms with E-state index in [2.05, 4.69) is 0 Å². The maximum atomic E-state index is 12.7. The van der Waals surface area contributed by atoms with Gasteiger partial charge in [0.1, 0.15) is 0 Å². The van der Waals surface area contributed by atoms with E-state index in [1.807, 2.05) is 0 Å². The molecule has 5 nitrogen and oxygen atoms in total. The van der Waals surface area contributed by atoms with Crippen molar-refractivity contribution >= 4 is 15.8 Å². The molecule has 0 amide bonds. The first-order valence-electron chi connectivity index (χ1n) is 8.04. The highest BCUT2D eigenvalue weighted by molar-refractivity contribution is 7.89. The largest absolute Gasteiger partial charge is 0.378 e. The second-order valence-electron chi connectivity index (χ2n) is 6.71. The van der Waals surface area contributed by atoms with Gasteiger partial charge in [-0.15, -0.1) is 0 Å². The molecule has 1 aliphatic heterocycles. The van der Waals surface area contributed by atoms with E-state index < -0.39 is 10.0 Å². The highest BCUT2D eigenvalue weighted by Gasteiger charge is 2.52. The number of ketones is 1. The minimum atomic E-state index is -3.54. The van der Waals surface area contributed by atoms with Gasteiger partial charge in [-0.2, -0.15) is 0 Å². The summed E-state index contributed by atoms with van der Waals surface area (Å²) in [6.45, 7) is 2.75. The molecule has 1 aromatic rings. The maximum absolute atomic E-state index is 12.7. The number of hydrogen-bond acceptors (Lipinski definition) is 4. The van der Waals surface area contributed by atoms with Crippen LogP contribution in [0.3, 0.4) is 0 Å². The van der Waals surface area contributed by atoms with E-state index in [1.165, 1.54) is 23.4 Å². The first-order valence-corrected chi connectivity index (χ1v) is 9.48. The lowest BCUT2D eigenvalue weighted by molar-refractivity contribution is 0.0450. The predicted molar refractivity (Wildman–Crippen MR) is 86.9 cm³/mol. The van der Waals surface area contributed by atoms with Gasteiger partial charge in [0.15, 0.2) is 5.78 Å². The second-order valence-corrected chi connectivity index (χ2v) is 8.75. The van der Waals surface area contributed by atoms with E-state index in [1.54, 1.807) is 19.2 Å². The highest BCUT2D eigenvalue weighted by Crippen LogP contribution is 2.53. The molecule has 3 rings (SSSR count). The molecule has 1 unspecified atom stereocenters. The molecule has 0 aromatic heterocycles. The third-order valence-corrected chi connectivity index (χ3v) is 6.83. The number of benzene rings is 1. The zero-order valence-corrected chi connectivity index (χ0v) is 14.4. The number of sulfonamides is 1. The summed E-state index contributed by atoms with van der Waals surface area (Å²) in [7, 11) is -1.91. The molecule has 23 heavy (non-hydrogen) atoms. The molecule has 1 saturated carbocycles. The van der Waals surface area contributed by atoms with Gasteiger partial charge in [0, 0.05) is 31.2 Å². The van der Waals surface area contributed by atoms with Crippen molar-refractivity contribution in [3.63, 3.8) is 0 Å². The molecule has 1 heterocycles. The average Bonchev–Trinajstić information content (AvgIpc) is 3.09. The van der Waals surface area contributed by atoms with Crippen LogP contribution in [0.25, 0.3) is 0 Å². The molecule has 0 N–H and O–H groups in total. The molecular weight excluding hydrogens is 314 g/mol. The Morgan fingerprint density at radius 2 is 1.96 bits per heavy atom. The summed E-state index contributed by atoms with van der Waals surface area (Å²) in [4.78, 5) is 11.5. The van der Waals surface area contributed by atoms with Gasteiger partial charge in [0.25, 0.3) is 0 Å². The van der Waals surface area contributed by atoms with E-state index in [0.29, 0.717) is 12.1 Å². The SMILES string of the molecule is CC(=O)c1ccc(S(=O)(=O)N(C)CC2(C3CCCO3)CC2)cc1. The summed E-state index contributed by atoms with van der Waals surface area (Å²) >= 11 is 0. The molecule has 2 aliphatic rings. The van der Waals surface area contributed by atoms with Gasteiger partial charge in [0.05, 0.1) is 11.0 Å².